The molecule has 8 nitrogen and oxygen atoms in total. The lowest BCUT2D eigenvalue weighted by molar-refractivity contribution is -0.141. The van der Waals surface area contributed by atoms with Crippen LogP contribution in [0.4, 0.5) is 0 Å². The average molecular weight is 528 g/mol. The van der Waals surface area contributed by atoms with Crippen LogP contribution in [-0.2, 0) is 4.79 Å². The molecule has 0 unspecified atom stereocenters. The standard InChI is InChI=1S/C31H33N3O5/c1-37-27-12-11-21(18-29(27)38-2)30-23-8-4-5-9-24(23)31(36)34(32-30)22-13-15-33(16-14-22)19-25(35)28-17-20-7-3-6-10-26(20)39-28/h3-7,10-12,17-18,22-24H,8-9,13-16,19H2,1-2H3/t23-,24+/m0/s1. The van der Waals surface area contributed by atoms with E-state index in [4.69, 9.17) is 19.0 Å². The second kappa shape index (κ2) is 10.7. The van der Waals surface area contributed by atoms with E-state index >= 15 is 0 Å². The maximum absolute atomic E-state index is 13.6. The number of para-hydroxylation sites is 1. The molecule has 3 aliphatic rings. The molecular formula is C31H33N3O5. The number of benzene rings is 2. The van der Waals surface area contributed by atoms with Crippen LogP contribution in [0, 0.1) is 11.8 Å². The first-order chi connectivity index (χ1) is 19.1. The van der Waals surface area contributed by atoms with Crippen LogP contribution in [0.2, 0.25) is 0 Å². The third-order valence-corrected chi connectivity index (χ3v) is 8.19. The van der Waals surface area contributed by atoms with E-state index in [-0.39, 0.29) is 29.6 Å². The molecule has 3 heterocycles. The molecule has 0 N–H and O–H groups in total. The van der Waals surface area contributed by atoms with Gasteiger partial charge in [-0.3, -0.25) is 14.5 Å². The Morgan fingerprint density at radius 2 is 1.72 bits per heavy atom. The number of likely N-dealkylation sites (tertiary alicyclic amines) is 1. The molecule has 1 fully saturated rings. The van der Waals surface area contributed by atoms with Crippen molar-refractivity contribution in [3.05, 3.63) is 72.0 Å². The van der Waals surface area contributed by atoms with E-state index < -0.39 is 0 Å². The van der Waals surface area contributed by atoms with Crippen molar-refractivity contribution in [1.29, 1.82) is 0 Å². The topological polar surface area (TPSA) is 84.6 Å². The number of carbonyl (C=O) groups is 2. The average Bonchev–Trinajstić information content (AvgIpc) is 3.42. The fraction of sp³-hybridized carbons (Fsp3) is 0.387. The van der Waals surface area contributed by atoms with Crippen molar-refractivity contribution < 1.29 is 23.5 Å². The Hall–Kier alpha value is -3.91. The molecule has 1 saturated heterocycles. The van der Waals surface area contributed by atoms with Crippen molar-refractivity contribution in [2.24, 2.45) is 16.9 Å². The fourth-order valence-electron chi connectivity index (χ4n) is 6.05. The van der Waals surface area contributed by atoms with Crippen molar-refractivity contribution >= 4 is 28.4 Å². The number of methoxy groups -OCH3 is 2. The Morgan fingerprint density at radius 3 is 2.46 bits per heavy atom. The Labute approximate surface area is 227 Å². The van der Waals surface area contributed by atoms with E-state index in [0.29, 0.717) is 23.8 Å². The Morgan fingerprint density at radius 1 is 0.974 bits per heavy atom. The minimum Gasteiger partial charge on any atom is -0.493 e. The maximum Gasteiger partial charge on any atom is 0.247 e. The number of allylic oxidation sites excluding steroid dienone is 2. The highest BCUT2D eigenvalue weighted by molar-refractivity contribution is 6.07. The van der Waals surface area contributed by atoms with Crippen LogP contribution in [0.25, 0.3) is 11.0 Å². The molecule has 1 aromatic heterocycles. The molecule has 2 atom stereocenters. The molecule has 0 saturated carbocycles. The van der Waals surface area contributed by atoms with Gasteiger partial charge in [0.15, 0.2) is 17.3 Å². The SMILES string of the molecule is COc1ccc(C2=NN(C3CCN(CC(=O)c4cc5ccccc5o4)CC3)C(=O)[C@@H]3CC=CC[C@H]23)cc1OC. The third-order valence-electron chi connectivity index (χ3n) is 8.19. The lowest BCUT2D eigenvalue weighted by Crippen LogP contribution is -2.52. The normalized spacial score (nSPS) is 22.1. The zero-order valence-corrected chi connectivity index (χ0v) is 22.3. The zero-order chi connectivity index (χ0) is 26.9. The molecule has 1 aliphatic carbocycles. The number of rotatable bonds is 7. The minimum atomic E-state index is -0.122. The summed E-state index contributed by atoms with van der Waals surface area (Å²) in [5.41, 5.74) is 2.60. The predicted molar refractivity (Wildman–Crippen MR) is 148 cm³/mol. The Balaban J connectivity index is 1.18. The summed E-state index contributed by atoms with van der Waals surface area (Å²) in [6.07, 6.45) is 7.29. The summed E-state index contributed by atoms with van der Waals surface area (Å²) in [5.74, 6) is 1.70. The van der Waals surface area contributed by atoms with Crippen LogP contribution >= 0.6 is 0 Å². The summed E-state index contributed by atoms with van der Waals surface area (Å²) in [5, 5.41) is 7.67. The van der Waals surface area contributed by atoms with Crippen molar-refractivity contribution in [1.82, 2.24) is 9.91 Å². The number of fused-ring (bicyclic) bond motifs is 2. The molecule has 6 rings (SSSR count). The fourth-order valence-corrected chi connectivity index (χ4v) is 6.05. The molecule has 0 spiro atoms. The molecule has 8 heteroatoms. The lowest BCUT2D eigenvalue weighted by Gasteiger charge is -2.42. The lowest BCUT2D eigenvalue weighted by atomic mass is 9.76. The first-order valence-electron chi connectivity index (χ1n) is 13.6. The highest BCUT2D eigenvalue weighted by Gasteiger charge is 2.43. The quantitative estimate of drug-likeness (QED) is 0.320. The number of hydrogen-bond acceptors (Lipinski definition) is 7. The molecule has 39 heavy (non-hydrogen) atoms. The number of nitrogens with zero attached hydrogens (tertiary/aromatic N) is 3. The largest absolute Gasteiger partial charge is 0.493 e. The van der Waals surface area contributed by atoms with E-state index in [1.54, 1.807) is 19.2 Å². The van der Waals surface area contributed by atoms with Gasteiger partial charge in [0.2, 0.25) is 11.7 Å². The van der Waals surface area contributed by atoms with Gasteiger partial charge in [-0.05, 0) is 56.0 Å². The van der Waals surface area contributed by atoms with E-state index in [0.717, 1.165) is 61.0 Å². The van der Waals surface area contributed by atoms with Crippen molar-refractivity contribution in [3.63, 3.8) is 0 Å². The third kappa shape index (κ3) is 4.85. The van der Waals surface area contributed by atoms with Crippen LogP contribution in [0.1, 0.15) is 41.8 Å². The number of Topliss-reactive ketones (excluding diaryl/α,β-unsaturated/α-hetero) is 1. The van der Waals surface area contributed by atoms with Crippen molar-refractivity contribution in [2.45, 2.75) is 31.7 Å². The van der Waals surface area contributed by atoms with Crippen LogP contribution < -0.4 is 9.47 Å². The van der Waals surface area contributed by atoms with Gasteiger partial charge in [-0.25, -0.2) is 5.01 Å². The number of furan rings is 1. The summed E-state index contributed by atoms with van der Waals surface area (Å²) in [7, 11) is 3.24. The van der Waals surface area contributed by atoms with Crippen LogP contribution in [-0.4, -0.2) is 67.2 Å². The van der Waals surface area contributed by atoms with Gasteiger partial charge >= 0.3 is 0 Å². The van der Waals surface area contributed by atoms with Gasteiger partial charge in [-0.15, -0.1) is 0 Å². The summed E-state index contributed by atoms with van der Waals surface area (Å²) >= 11 is 0. The van der Waals surface area contributed by atoms with Gasteiger partial charge < -0.3 is 13.9 Å². The second-order valence-electron chi connectivity index (χ2n) is 10.5. The number of hydrogen-bond donors (Lipinski definition) is 0. The van der Waals surface area contributed by atoms with E-state index in [9.17, 15) is 9.59 Å². The molecule has 0 radical (unpaired) electrons. The van der Waals surface area contributed by atoms with Crippen LogP contribution in [0.5, 0.6) is 11.5 Å². The Bertz CT molecular complexity index is 1420. The molecule has 3 aromatic rings. The molecule has 0 bridgehead atoms. The second-order valence-corrected chi connectivity index (χ2v) is 10.5. The van der Waals surface area contributed by atoms with Crippen molar-refractivity contribution in [3.8, 4) is 11.5 Å². The summed E-state index contributed by atoms with van der Waals surface area (Å²) in [4.78, 5) is 28.7. The van der Waals surface area contributed by atoms with Crippen LogP contribution in [0.3, 0.4) is 0 Å². The van der Waals surface area contributed by atoms with Gasteiger partial charge in [0.25, 0.3) is 0 Å². The van der Waals surface area contributed by atoms with Crippen LogP contribution in [0.15, 0.2) is 70.2 Å². The van der Waals surface area contributed by atoms with Gasteiger partial charge in [0, 0.05) is 30.0 Å². The first-order valence-corrected chi connectivity index (χ1v) is 13.6. The van der Waals surface area contributed by atoms with Gasteiger partial charge in [0.1, 0.15) is 5.58 Å². The van der Waals surface area contributed by atoms with Gasteiger partial charge in [-0.2, -0.15) is 5.10 Å². The summed E-state index contributed by atoms with van der Waals surface area (Å²) < 4.78 is 16.7. The highest BCUT2D eigenvalue weighted by atomic mass is 16.5. The highest BCUT2D eigenvalue weighted by Crippen LogP contribution is 2.38. The zero-order valence-electron chi connectivity index (χ0n) is 22.3. The smallest absolute Gasteiger partial charge is 0.247 e. The first kappa shape index (κ1) is 25.4. The number of ketones is 1. The molecule has 2 aliphatic heterocycles. The van der Waals surface area contributed by atoms with Crippen molar-refractivity contribution in [2.75, 3.05) is 33.9 Å². The van der Waals surface area contributed by atoms with E-state index in [1.165, 1.54) is 0 Å². The molecule has 1 amide bonds. The molecular weight excluding hydrogens is 494 g/mol. The van der Waals surface area contributed by atoms with E-state index in [1.807, 2.05) is 48.5 Å². The number of amides is 1. The number of ether oxygens (including phenoxy) is 2. The minimum absolute atomic E-state index is 0.00273. The van der Waals surface area contributed by atoms with Gasteiger partial charge in [-0.1, -0.05) is 30.4 Å². The number of carbonyl (C=O) groups excluding carboxylic acids is 2. The summed E-state index contributed by atoms with van der Waals surface area (Å²) in [6.45, 7) is 1.74. The monoisotopic (exact) mass is 527 g/mol. The predicted octanol–water partition coefficient (Wildman–Crippen LogP) is 4.93. The maximum atomic E-state index is 13.6. The molecule has 202 valence electrons. The van der Waals surface area contributed by atoms with Gasteiger partial charge in [0.05, 0.1) is 38.4 Å². The molecule has 2 aromatic carbocycles. The number of hydrazone groups is 1. The summed E-state index contributed by atoms with van der Waals surface area (Å²) in [6, 6.07) is 15.3. The number of piperidine rings is 1. The van der Waals surface area contributed by atoms with E-state index in [2.05, 4.69) is 17.1 Å². The Kier molecular flexibility index (Phi) is 6.95.